The molecule has 10 rings (SSSR count). The molecule has 1 fully saturated rings. The Morgan fingerprint density at radius 2 is 1.48 bits per heavy atom. The van der Waals surface area contributed by atoms with E-state index in [1.165, 1.54) is 11.4 Å². The molecule has 44 heavy (non-hydrogen) atoms. The van der Waals surface area contributed by atoms with E-state index < -0.39 is 0 Å². The van der Waals surface area contributed by atoms with Crippen LogP contribution in [0.3, 0.4) is 0 Å². The predicted octanol–water partition coefficient (Wildman–Crippen LogP) is 9.87. The van der Waals surface area contributed by atoms with Crippen LogP contribution in [-0.4, -0.2) is 10.9 Å². The van der Waals surface area contributed by atoms with Gasteiger partial charge in [-0.3, -0.25) is 0 Å². The van der Waals surface area contributed by atoms with Crippen molar-refractivity contribution in [1.29, 1.82) is 0 Å². The molecule has 1 spiro atoms. The van der Waals surface area contributed by atoms with Crippen molar-refractivity contribution in [3.63, 3.8) is 0 Å². The Morgan fingerprint density at radius 3 is 2.25 bits per heavy atom. The van der Waals surface area contributed by atoms with E-state index >= 15 is 0 Å². The molecule has 6 unspecified atom stereocenters. The Morgan fingerprint density at radius 1 is 0.682 bits per heavy atom. The molecule has 0 radical (unpaired) electrons. The summed E-state index contributed by atoms with van der Waals surface area (Å²) in [4.78, 5) is 2.65. The third-order valence-corrected chi connectivity index (χ3v) is 12.3. The Hall–Kier alpha value is -4.10. The van der Waals surface area contributed by atoms with Crippen LogP contribution in [0.5, 0.6) is 0 Å². The highest BCUT2D eigenvalue weighted by atomic mass is 15.2. The first-order valence-electron chi connectivity index (χ1n) is 17.0. The van der Waals surface area contributed by atoms with Crippen molar-refractivity contribution >= 4 is 5.57 Å². The zero-order chi connectivity index (χ0) is 28.8. The average Bonchev–Trinajstić information content (AvgIpc) is 3.57. The minimum atomic E-state index is 0.137. The van der Waals surface area contributed by atoms with Gasteiger partial charge in [0.25, 0.3) is 0 Å². The van der Waals surface area contributed by atoms with E-state index in [-0.39, 0.29) is 5.41 Å². The maximum atomic E-state index is 2.65. The van der Waals surface area contributed by atoms with Gasteiger partial charge in [0.15, 0.2) is 0 Å². The van der Waals surface area contributed by atoms with Crippen molar-refractivity contribution < 1.29 is 0 Å². The summed E-state index contributed by atoms with van der Waals surface area (Å²) in [7, 11) is 0. The zero-order valence-corrected chi connectivity index (χ0v) is 25.3. The van der Waals surface area contributed by atoms with Crippen molar-refractivity contribution in [3.05, 3.63) is 172 Å². The van der Waals surface area contributed by atoms with Gasteiger partial charge in [-0.1, -0.05) is 115 Å². The summed E-state index contributed by atoms with van der Waals surface area (Å²) in [5, 5.41) is 0. The maximum absolute atomic E-state index is 2.65. The van der Waals surface area contributed by atoms with Crippen LogP contribution in [0.4, 0.5) is 0 Å². The fraction of sp³-hybridized carbons (Fsp3) is 0.302. The van der Waals surface area contributed by atoms with Gasteiger partial charge in [0.05, 0.1) is 6.04 Å². The number of hydrogen-bond acceptors (Lipinski definition) is 1. The lowest BCUT2D eigenvalue weighted by Crippen LogP contribution is -2.42. The molecule has 1 saturated carbocycles. The van der Waals surface area contributed by atoms with E-state index in [4.69, 9.17) is 0 Å². The lowest BCUT2D eigenvalue weighted by atomic mass is 9.58. The first-order chi connectivity index (χ1) is 21.9. The Balaban J connectivity index is 1.16. The summed E-state index contributed by atoms with van der Waals surface area (Å²) >= 11 is 0. The quantitative estimate of drug-likeness (QED) is 0.350. The number of rotatable bonds is 3. The lowest BCUT2D eigenvalue weighted by Gasteiger charge is -2.44. The van der Waals surface area contributed by atoms with Crippen LogP contribution in [0.1, 0.15) is 61.1 Å². The highest BCUT2D eigenvalue weighted by Crippen LogP contribution is 2.72. The van der Waals surface area contributed by atoms with Crippen LogP contribution >= 0.6 is 0 Å². The largest absolute Gasteiger partial charge is 0.338 e. The molecule has 0 N–H and O–H groups in total. The second-order valence-corrected chi connectivity index (χ2v) is 14.1. The molecule has 0 bridgehead atoms. The Bertz CT molecular complexity index is 1810. The summed E-state index contributed by atoms with van der Waals surface area (Å²) in [6.45, 7) is 0. The van der Waals surface area contributed by atoms with Crippen LogP contribution < -0.4 is 0 Å². The SMILES string of the molecule is C1=CCCC(N(C2=CC3c4cccc5c4C4=C(C=CCC4C54C5CC=CC=C5C5=CC=CCC54)C3C=C2)C2C=CC=CC2)=C1. The molecule has 0 aliphatic heterocycles. The minimum absolute atomic E-state index is 0.137. The molecular weight excluding hydrogens is 530 g/mol. The summed E-state index contributed by atoms with van der Waals surface area (Å²) in [6.07, 6.45) is 50.0. The normalized spacial score (nSPS) is 36.0. The summed E-state index contributed by atoms with van der Waals surface area (Å²) in [5.41, 5.74) is 14.3. The van der Waals surface area contributed by atoms with Crippen LogP contribution in [0.25, 0.3) is 5.57 Å². The smallest absolute Gasteiger partial charge is 0.0556 e. The van der Waals surface area contributed by atoms with E-state index in [2.05, 4.69) is 132 Å². The Labute approximate surface area is 261 Å². The molecular formula is C43H39N. The van der Waals surface area contributed by atoms with Crippen LogP contribution in [-0.2, 0) is 5.41 Å². The van der Waals surface area contributed by atoms with Crippen molar-refractivity contribution in [2.75, 3.05) is 0 Å². The van der Waals surface area contributed by atoms with Gasteiger partial charge in [0.1, 0.15) is 0 Å². The monoisotopic (exact) mass is 569 g/mol. The second-order valence-electron chi connectivity index (χ2n) is 14.1. The van der Waals surface area contributed by atoms with Gasteiger partial charge in [-0.05, 0) is 107 Å². The molecule has 0 saturated heterocycles. The van der Waals surface area contributed by atoms with Gasteiger partial charge in [0, 0.05) is 28.6 Å². The highest BCUT2D eigenvalue weighted by Gasteiger charge is 2.65. The molecule has 0 amide bonds. The van der Waals surface area contributed by atoms with E-state index in [1.807, 2.05) is 0 Å². The highest BCUT2D eigenvalue weighted by molar-refractivity contribution is 5.89. The summed E-state index contributed by atoms with van der Waals surface area (Å²) < 4.78 is 0. The van der Waals surface area contributed by atoms with Crippen LogP contribution in [0.2, 0.25) is 0 Å². The number of allylic oxidation sites excluding steroid dienone is 21. The minimum Gasteiger partial charge on any atom is -0.338 e. The third-order valence-electron chi connectivity index (χ3n) is 12.3. The van der Waals surface area contributed by atoms with Gasteiger partial charge in [-0.2, -0.15) is 0 Å². The van der Waals surface area contributed by atoms with Gasteiger partial charge >= 0.3 is 0 Å². The fourth-order valence-corrected chi connectivity index (χ4v) is 10.9. The molecule has 1 aromatic rings. The molecule has 1 heteroatoms. The second kappa shape index (κ2) is 9.45. The third kappa shape index (κ3) is 3.20. The molecule has 0 heterocycles. The van der Waals surface area contributed by atoms with E-state index in [0.717, 1.165) is 38.5 Å². The van der Waals surface area contributed by atoms with Gasteiger partial charge in [0.2, 0.25) is 0 Å². The number of nitrogens with zero attached hydrogens (tertiary/aromatic N) is 1. The maximum Gasteiger partial charge on any atom is 0.0556 e. The molecule has 1 nitrogen and oxygen atoms in total. The van der Waals surface area contributed by atoms with Crippen LogP contribution in [0.15, 0.2) is 156 Å². The lowest BCUT2D eigenvalue weighted by molar-refractivity contribution is 0.208. The number of hydrogen-bond donors (Lipinski definition) is 0. The van der Waals surface area contributed by atoms with E-state index in [9.17, 15) is 0 Å². The topological polar surface area (TPSA) is 3.24 Å². The average molecular weight is 570 g/mol. The summed E-state index contributed by atoms with van der Waals surface area (Å²) in [6, 6.07) is 7.81. The molecule has 6 atom stereocenters. The number of fused-ring (bicyclic) bond motifs is 10. The molecule has 0 aromatic heterocycles. The van der Waals surface area contributed by atoms with Gasteiger partial charge < -0.3 is 4.90 Å². The number of benzene rings is 1. The molecule has 1 aromatic carbocycles. The predicted molar refractivity (Wildman–Crippen MR) is 181 cm³/mol. The van der Waals surface area contributed by atoms with Crippen molar-refractivity contribution in [2.24, 2.45) is 23.7 Å². The zero-order valence-electron chi connectivity index (χ0n) is 25.3. The summed E-state index contributed by atoms with van der Waals surface area (Å²) in [5.74, 6) is 2.43. The molecule has 9 aliphatic rings. The standard InChI is InChI=1S/C43H39N/c1-3-13-28(14-4-1)44(29-15-5-2-6-16-29)30-25-26-31-34-19-11-23-39-41(34)42-35(36(31)27-30)20-12-24-40(42)43(39)37-21-9-7-17-32(37)33-18-8-10-22-38(33)43/h1-5,7-13,15,17-20,24-28,31,36-39H,6,14,16,21-23H2. The van der Waals surface area contributed by atoms with Crippen molar-refractivity contribution in [2.45, 2.75) is 55.9 Å². The first-order valence-corrected chi connectivity index (χ1v) is 17.0. The van der Waals surface area contributed by atoms with Crippen molar-refractivity contribution in [3.8, 4) is 0 Å². The first kappa shape index (κ1) is 25.2. The molecule has 216 valence electrons. The van der Waals surface area contributed by atoms with Gasteiger partial charge in [-0.15, -0.1) is 0 Å². The fourth-order valence-electron chi connectivity index (χ4n) is 10.9. The van der Waals surface area contributed by atoms with Crippen LogP contribution in [0, 0.1) is 23.7 Å². The van der Waals surface area contributed by atoms with E-state index in [1.54, 1.807) is 39.0 Å². The molecule has 9 aliphatic carbocycles. The van der Waals surface area contributed by atoms with E-state index in [0.29, 0.717) is 35.6 Å². The van der Waals surface area contributed by atoms with Gasteiger partial charge in [-0.25, -0.2) is 0 Å². The van der Waals surface area contributed by atoms with Crippen molar-refractivity contribution in [1.82, 2.24) is 4.90 Å². The Kier molecular flexibility index (Phi) is 5.42.